The van der Waals surface area contributed by atoms with Crippen LogP contribution in [0, 0.1) is 5.82 Å². The molecule has 0 aromatic heterocycles. The Kier molecular flexibility index (Phi) is 8.83. The molecule has 202 valence electrons. The van der Waals surface area contributed by atoms with Crippen molar-refractivity contribution >= 4 is 52.6 Å². The number of carbonyl (C=O) groups excluding carboxylic acids is 2. The van der Waals surface area contributed by atoms with Crippen LogP contribution in [0.4, 0.5) is 10.1 Å². The number of rotatable bonds is 9. The van der Waals surface area contributed by atoms with Crippen molar-refractivity contribution in [3.05, 3.63) is 93.9 Å². The van der Waals surface area contributed by atoms with Crippen molar-refractivity contribution in [1.82, 2.24) is 4.90 Å². The third kappa shape index (κ3) is 6.21. The van der Waals surface area contributed by atoms with Crippen LogP contribution in [-0.4, -0.2) is 42.7 Å². The standard InChI is InChI=1S/C29H26ClFN2O5S/c1-4-18-8-10-22(11-9-18)33-28(35)24(32(29(33)39)16-26(34)37-3)14-20-13-23(30)27(25(15-20)36-2)38-17-19-6-5-7-21(31)12-19/h5-15H,4,16-17H2,1-3H3/b24-14-. The van der Waals surface area contributed by atoms with Crippen molar-refractivity contribution in [1.29, 1.82) is 0 Å². The lowest BCUT2D eigenvalue weighted by Gasteiger charge is -2.19. The van der Waals surface area contributed by atoms with Gasteiger partial charge in [0.25, 0.3) is 5.91 Å². The number of carbonyl (C=O) groups is 2. The summed E-state index contributed by atoms with van der Waals surface area (Å²) in [5.41, 5.74) is 2.99. The minimum Gasteiger partial charge on any atom is -0.493 e. The number of nitrogens with zero attached hydrogens (tertiary/aromatic N) is 2. The molecule has 7 nitrogen and oxygen atoms in total. The van der Waals surface area contributed by atoms with E-state index in [0.717, 1.165) is 12.0 Å². The molecule has 10 heteroatoms. The van der Waals surface area contributed by atoms with Gasteiger partial charge in [-0.15, -0.1) is 0 Å². The second-order valence-electron chi connectivity index (χ2n) is 8.59. The average molecular weight is 569 g/mol. The zero-order valence-corrected chi connectivity index (χ0v) is 23.1. The fourth-order valence-corrected chi connectivity index (χ4v) is 4.66. The molecule has 0 N–H and O–H groups in total. The zero-order valence-electron chi connectivity index (χ0n) is 21.6. The monoisotopic (exact) mass is 568 g/mol. The van der Waals surface area contributed by atoms with E-state index in [1.165, 1.54) is 36.2 Å². The van der Waals surface area contributed by atoms with E-state index in [4.69, 9.17) is 38.0 Å². The maximum absolute atomic E-state index is 13.6. The third-order valence-electron chi connectivity index (χ3n) is 6.08. The molecule has 0 bridgehead atoms. The third-order valence-corrected chi connectivity index (χ3v) is 6.76. The van der Waals surface area contributed by atoms with Crippen LogP contribution in [0.25, 0.3) is 6.08 Å². The summed E-state index contributed by atoms with van der Waals surface area (Å²) in [6.07, 6.45) is 2.42. The number of thiocarbonyl (C=S) groups is 1. The number of hydrogen-bond donors (Lipinski definition) is 0. The highest BCUT2D eigenvalue weighted by atomic mass is 35.5. The summed E-state index contributed by atoms with van der Waals surface area (Å²) in [7, 11) is 2.72. The topological polar surface area (TPSA) is 68.3 Å². The van der Waals surface area contributed by atoms with Gasteiger partial charge in [0.15, 0.2) is 16.6 Å². The van der Waals surface area contributed by atoms with Crippen molar-refractivity contribution in [3.8, 4) is 11.5 Å². The molecule has 1 saturated heterocycles. The van der Waals surface area contributed by atoms with Crippen LogP contribution >= 0.6 is 23.8 Å². The molecule has 1 heterocycles. The highest BCUT2D eigenvalue weighted by Gasteiger charge is 2.40. The molecule has 0 radical (unpaired) electrons. The second-order valence-corrected chi connectivity index (χ2v) is 9.36. The van der Waals surface area contributed by atoms with Gasteiger partial charge in [0.05, 0.1) is 24.9 Å². The number of halogens is 2. The Hall–Kier alpha value is -3.95. The first kappa shape index (κ1) is 28.1. The summed E-state index contributed by atoms with van der Waals surface area (Å²) in [4.78, 5) is 28.6. The predicted molar refractivity (Wildman–Crippen MR) is 151 cm³/mol. The van der Waals surface area contributed by atoms with Gasteiger partial charge in [-0.1, -0.05) is 42.8 Å². The van der Waals surface area contributed by atoms with Crippen LogP contribution in [0.15, 0.2) is 66.4 Å². The van der Waals surface area contributed by atoms with Crippen molar-refractivity contribution in [2.75, 3.05) is 25.7 Å². The van der Waals surface area contributed by atoms with Crippen LogP contribution in [-0.2, 0) is 27.4 Å². The molecular weight excluding hydrogens is 543 g/mol. The lowest BCUT2D eigenvalue weighted by molar-refractivity contribution is -0.140. The SMILES string of the molecule is CCc1ccc(N2C(=O)/C(=C/c3cc(Cl)c(OCc4cccc(F)c4)c(OC)c3)N(CC(=O)OC)C2=S)cc1. The van der Waals surface area contributed by atoms with Gasteiger partial charge in [-0.25, -0.2) is 4.39 Å². The number of methoxy groups -OCH3 is 2. The Morgan fingerprint density at radius 2 is 1.82 bits per heavy atom. The van der Waals surface area contributed by atoms with Crippen LogP contribution < -0.4 is 14.4 Å². The summed E-state index contributed by atoms with van der Waals surface area (Å²) in [5, 5.41) is 0.367. The Morgan fingerprint density at radius 1 is 1.08 bits per heavy atom. The Balaban J connectivity index is 1.68. The van der Waals surface area contributed by atoms with E-state index in [0.29, 0.717) is 22.6 Å². The number of amides is 1. The molecule has 1 aliphatic rings. The smallest absolute Gasteiger partial charge is 0.325 e. The summed E-state index contributed by atoms with van der Waals surface area (Å²) in [6, 6.07) is 16.7. The molecule has 3 aromatic rings. The normalized spacial score (nSPS) is 14.2. The quantitative estimate of drug-likeness (QED) is 0.184. The van der Waals surface area contributed by atoms with Gasteiger partial charge in [0.2, 0.25) is 0 Å². The summed E-state index contributed by atoms with van der Waals surface area (Å²) >= 11 is 12.2. The van der Waals surface area contributed by atoms with E-state index in [1.54, 1.807) is 30.3 Å². The number of aryl methyl sites for hydroxylation is 1. The number of esters is 1. The first-order valence-corrected chi connectivity index (χ1v) is 12.8. The fraction of sp³-hybridized carbons (Fsp3) is 0.207. The molecule has 0 aliphatic carbocycles. The van der Waals surface area contributed by atoms with E-state index < -0.39 is 11.9 Å². The van der Waals surface area contributed by atoms with Gasteiger partial charge in [-0.05, 0) is 77.8 Å². The van der Waals surface area contributed by atoms with Crippen LogP contribution in [0.1, 0.15) is 23.6 Å². The van der Waals surface area contributed by atoms with Crippen LogP contribution in [0.3, 0.4) is 0 Å². The first-order chi connectivity index (χ1) is 18.7. The van der Waals surface area contributed by atoms with Crippen molar-refractivity contribution in [3.63, 3.8) is 0 Å². The molecule has 1 fully saturated rings. The molecular formula is C29H26ClFN2O5S. The van der Waals surface area contributed by atoms with Crippen molar-refractivity contribution < 1.29 is 28.2 Å². The molecule has 0 saturated carbocycles. The molecule has 0 atom stereocenters. The molecule has 1 aliphatic heterocycles. The van der Waals surface area contributed by atoms with Crippen LogP contribution in [0.5, 0.6) is 11.5 Å². The number of anilines is 1. The lowest BCUT2D eigenvalue weighted by Crippen LogP contribution is -2.35. The summed E-state index contributed by atoms with van der Waals surface area (Å²) < 4.78 is 29.7. The highest BCUT2D eigenvalue weighted by molar-refractivity contribution is 7.80. The zero-order chi connectivity index (χ0) is 28.1. The second kappa shape index (κ2) is 12.3. The maximum Gasteiger partial charge on any atom is 0.325 e. The minimum atomic E-state index is -0.559. The molecule has 39 heavy (non-hydrogen) atoms. The van der Waals surface area contributed by atoms with Gasteiger partial charge in [-0.2, -0.15) is 0 Å². The van der Waals surface area contributed by atoms with E-state index in [9.17, 15) is 14.0 Å². The Bertz CT molecular complexity index is 1440. The van der Waals surface area contributed by atoms with E-state index in [1.807, 2.05) is 31.2 Å². The van der Waals surface area contributed by atoms with Gasteiger partial charge in [0, 0.05) is 0 Å². The maximum atomic E-state index is 13.6. The van der Waals surface area contributed by atoms with Crippen LogP contribution in [0.2, 0.25) is 5.02 Å². The van der Waals surface area contributed by atoms with Gasteiger partial charge in [-0.3, -0.25) is 14.5 Å². The number of hydrogen-bond acceptors (Lipinski definition) is 6. The number of ether oxygens (including phenoxy) is 3. The Morgan fingerprint density at radius 3 is 2.46 bits per heavy atom. The summed E-state index contributed by atoms with van der Waals surface area (Å²) in [5.74, 6) is -0.763. The minimum absolute atomic E-state index is 0.0692. The van der Waals surface area contributed by atoms with Crippen molar-refractivity contribution in [2.45, 2.75) is 20.0 Å². The van der Waals surface area contributed by atoms with Crippen molar-refractivity contribution in [2.24, 2.45) is 0 Å². The largest absolute Gasteiger partial charge is 0.493 e. The Labute approximate surface area is 236 Å². The van der Waals surface area contributed by atoms with Gasteiger partial charge in [0.1, 0.15) is 24.7 Å². The molecule has 0 unspecified atom stereocenters. The fourth-order valence-electron chi connectivity index (χ4n) is 4.04. The molecule has 1 amide bonds. The average Bonchev–Trinajstić information content (AvgIpc) is 3.15. The van der Waals surface area contributed by atoms with Gasteiger partial charge >= 0.3 is 5.97 Å². The molecule has 4 rings (SSSR count). The molecule has 3 aromatic carbocycles. The highest BCUT2D eigenvalue weighted by Crippen LogP contribution is 2.38. The first-order valence-electron chi connectivity index (χ1n) is 12.0. The predicted octanol–water partition coefficient (Wildman–Crippen LogP) is 5.78. The molecule has 0 spiro atoms. The number of benzene rings is 3. The lowest BCUT2D eigenvalue weighted by atomic mass is 10.1. The van der Waals surface area contributed by atoms with E-state index in [-0.39, 0.29) is 40.6 Å². The van der Waals surface area contributed by atoms with E-state index in [2.05, 4.69) is 0 Å². The van der Waals surface area contributed by atoms with Gasteiger partial charge < -0.3 is 19.1 Å². The van der Waals surface area contributed by atoms with E-state index >= 15 is 0 Å². The summed E-state index contributed by atoms with van der Waals surface area (Å²) in [6.45, 7) is 1.85.